The van der Waals surface area contributed by atoms with Crippen LogP contribution in [0.3, 0.4) is 0 Å². The Balaban J connectivity index is 0.000000130. The second kappa shape index (κ2) is 34.6. The van der Waals surface area contributed by atoms with Gasteiger partial charge in [-0.1, -0.05) is 135 Å². The van der Waals surface area contributed by atoms with Crippen LogP contribution in [0.2, 0.25) is 0 Å². The van der Waals surface area contributed by atoms with Gasteiger partial charge in [-0.05, 0) is 289 Å². The fourth-order valence-corrected chi connectivity index (χ4v) is 14.0. The average molecular weight is 1490 g/mol. The molecule has 15 aromatic rings. The molecule has 0 radical (unpaired) electrons. The van der Waals surface area contributed by atoms with Crippen molar-refractivity contribution >= 4 is 81.3 Å². The largest absolute Gasteiger partial charge is 0.506 e. The van der Waals surface area contributed by atoms with Crippen LogP contribution in [0.15, 0.2) is 211 Å². The molecule has 6 N–H and O–H groups in total. The molecule has 0 spiro atoms. The number of aromatic hydroxyl groups is 6. The molecule has 0 unspecified atom stereocenters. The van der Waals surface area contributed by atoms with Gasteiger partial charge in [-0.3, -0.25) is 0 Å². The lowest BCUT2D eigenvalue weighted by molar-refractivity contribution is 0.444. The SMILES string of the molecule is CCc1cc(Oc2ccccc2)cc2cc(O)c(C)nc12.Cc1cc(C)c2nc(C)c(O)cc2c1.Cc1cc2cc(O)c(C)nc2cc1C.Cc1ccc2c(Br)c(O)c(C)nc2c1.Cc1nc2cc(Cc3ccccc3)c(Cc3ccccc3)cc2cc1O.Cc1nc2ccc(C3CCCCC3)cc2cc1O. The van der Waals surface area contributed by atoms with Crippen molar-refractivity contribution in [2.75, 3.05) is 0 Å². The zero-order valence-corrected chi connectivity index (χ0v) is 64.6. The van der Waals surface area contributed by atoms with Gasteiger partial charge in [-0.2, -0.15) is 0 Å². The highest BCUT2D eigenvalue weighted by Gasteiger charge is 2.18. The van der Waals surface area contributed by atoms with Crippen molar-refractivity contribution < 1.29 is 35.4 Å². The van der Waals surface area contributed by atoms with Gasteiger partial charge in [0.2, 0.25) is 0 Å². The Labute approximate surface area is 635 Å². The van der Waals surface area contributed by atoms with Gasteiger partial charge in [0.05, 0.1) is 71.7 Å². The monoisotopic (exact) mass is 1480 g/mol. The summed E-state index contributed by atoms with van der Waals surface area (Å²) in [4.78, 5) is 26.5. The lowest BCUT2D eigenvalue weighted by Crippen LogP contribution is -2.04. The number of halogens is 1. The van der Waals surface area contributed by atoms with Crippen LogP contribution in [-0.4, -0.2) is 60.5 Å². The molecule has 16 rings (SSSR count). The molecule has 544 valence electrons. The van der Waals surface area contributed by atoms with Gasteiger partial charge in [0.25, 0.3) is 0 Å². The summed E-state index contributed by atoms with van der Waals surface area (Å²) in [6.45, 7) is 23.2. The molecule has 107 heavy (non-hydrogen) atoms. The van der Waals surface area contributed by atoms with Crippen molar-refractivity contribution in [1.29, 1.82) is 0 Å². The number of fused-ring (bicyclic) bond motifs is 6. The van der Waals surface area contributed by atoms with E-state index in [0.717, 1.165) is 112 Å². The van der Waals surface area contributed by atoms with Gasteiger partial charge >= 0.3 is 0 Å². The molecule has 6 aromatic heterocycles. The second-order valence-corrected chi connectivity index (χ2v) is 28.8. The van der Waals surface area contributed by atoms with E-state index in [4.69, 9.17) is 4.74 Å². The number of hydrogen-bond acceptors (Lipinski definition) is 13. The second-order valence-electron chi connectivity index (χ2n) is 28.0. The molecule has 0 saturated heterocycles. The van der Waals surface area contributed by atoms with Crippen LogP contribution in [0.4, 0.5) is 0 Å². The maximum absolute atomic E-state index is 10.0. The lowest BCUT2D eigenvalue weighted by atomic mass is 9.84. The van der Waals surface area contributed by atoms with Gasteiger partial charge in [0, 0.05) is 32.3 Å². The van der Waals surface area contributed by atoms with Crippen LogP contribution in [0.25, 0.3) is 65.4 Å². The molecule has 0 aliphatic heterocycles. The first-order chi connectivity index (χ1) is 51.3. The van der Waals surface area contributed by atoms with Gasteiger partial charge in [-0.25, -0.2) is 29.9 Å². The number of para-hydroxylation sites is 1. The number of ether oxygens (including phenoxy) is 1. The zero-order valence-electron chi connectivity index (χ0n) is 63.0. The van der Waals surface area contributed by atoms with Crippen molar-refractivity contribution in [2.24, 2.45) is 0 Å². The van der Waals surface area contributed by atoms with Crippen molar-refractivity contribution in [3.8, 4) is 46.0 Å². The third kappa shape index (κ3) is 19.3. The number of aryl methyl sites for hydroxylation is 12. The Morgan fingerprint density at radius 3 is 1.41 bits per heavy atom. The molecule has 0 amide bonds. The summed E-state index contributed by atoms with van der Waals surface area (Å²) in [5.41, 5.74) is 23.3. The van der Waals surface area contributed by atoms with Gasteiger partial charge in [0.1, 0.15) is 40.2 Å². The normalized spacial score (nSPS) is 11.9. The molecule has 14 heteroatoms. The first-order valence-electron chi connectivity index (χ1n) is 36.4. The summed E-state index contributed by atoms with van der Waals surface area (Å²) in [6, 6.07) is 68.6. The molecule has 13 nitrogen and oxygen atoms in total. The summed E-state index contributed by atoms with van der Waals surface area (Å²) in [7, 11) is 0. The van der Waals surface area contributed by atoms with E-state index in [2.05, 4.69) is 164 Å². The quantitative estimate of drug-likeness (QED) is 0.0838. The van der Waals surface area contributed by atoms with E-state index >= 15 is 0 Å². The van der Waals surface area contributed by atoms with Gasteiger partial charge < -0.3 is 35.4 Å². The number of aromatic nitrogens is 6. The molecule has 1 aliphatic carbocycles. The van der Waals surface area contributed by atoms with Gasteiger partial charge in [-0.15, -0.1) is 0 Å². The van der Waals surface area contributed by atoms with Crippen molar-refractivity contribution in [3.05, 3.63) is 306 Å². The Kier molecular flexibility index (Phi) is 24.8. The van der Waals surface area contributed by atoms with E-state index in [1.807, 2.05) is 146 Å². The molecule has 1 saturated carbocycles. The summed E-state index contributed by atoms with van der Waals surface area (Å²) >= 11 is 3.37. The lowest BCUT2D eigenvalue weighted by Gasteiger charge is -2.22. The fraction of sp³-hybridized carbons (Fsp3) is 0.226. The first-order valence-corrected chi connectivity index (χ1v) is 37.2. The predicted octanol–water partition coefficient (Wildman–Crippen LogP) is 23.4. The zero-order chi connectivity index (χ0) is 76.2. The number of pyridine rings is 6. The van der Waals surface area contributed by atoms with Crippen LogP contribution < -0.4 is 4.74 Å². The Bertz CT molecular complexity index is 5500. The van der Waals surface area contributed by atoms with Crippen molar-refractivity contribution in [3.63, 3.8) is 0 Å². The molecular formula is C93H93BrN6O7. The third-order valence-electron chi connectivity index (χ3n) is 19.6. The summed E-state index contributed by atoms with van der Waals surface area (Å²) in [6.07, 6.45) is 9.28. The van der Waals surface area contributed by atoms with E-state index < -0.39 is 0 Å². The smallest absolute Gasteiger partial charge is 0.151 e. The Morgan fingerprint density at radius 1 is 0.355 bits per heavy atom. The minimum absolute atomic E-state index is 0.210. The maximum Gasteiger partial charge on any atom is 0.151 e. The predicted molar refractivity (Wildman–Crippen MR) is 440 cm³/mol. The van der Waals surface area contributed by atoms with Crippen LogP contribution in [-0.2, 0) is 19.3 Å². The van der Waals surface area contributed by atoms with E-state index in [9.17, 15) is 30.6 Å². The molecular weight excluding hydrogens is 1390 g/mol. The Morgan fingerprint density at radius 2 is 0.832 bits per heavy atom. The number of hydrogen-bond donors (Lipinski definition) is 6. The topological polar surface area (TPSA) is 208 Å². The highest BCUT2D eigenvalue weighted by Crippen LogP contribution is 2.38. The number of benzene rings is 9. The van der Waals surface area contributed by atoms with Crippen LogP contribution in [0, 0.1) is 76.2 Å². The Hall–Kier alpha value is -11.5. The average Bonchev–Trinajstić information content (AvgIpc) is 0.813. The van der Waals surface area contributed by atoms with E-state index in [1.54, 1.807) is 25.1 Å². The number of nitrogens with zero attached hydrogens (tertiary/aromatic N) is 6. The van der Waals surface area contributed by atoms with Gasteiger partial charge in [0.15, 0.2) is 5.75 Å². The van der Waals surface area contributed by atoms with Crippen molar-refractivity contribution in [1.82, 2.24) is 29.9 Å². The van der Waals surface area contributed by atoms with E-state index in [-0.39, 0.29) is 28.7 Å². The molecule has 1 fully saturated rings. The minimum atomic E-state index is 0.210. The molecule has 6 heterocycles. The molecule has 9 aromatic carbocycles. The summed E-state index contributed by atoms with van der Waals surface area (Å²) in [5, 5.41) is 64.2. The summed E-state index contributed by atoms with van der Waals surface area (Å²) in [5.74, 6) is 3.76. The molecule has 1 aliphatic rings. The molecule has 0 atom stereocenters. The van der Waals surface area contributed by atoms with Crippen LogP contribution >= 0.6 is 15.9 Å². The van der Waals surface area contributed by atoms with Crippen LogP contribution in [0.1, 0.15) is 140 Å². The first kappa shape index (κ1) is 76.6. The fourth-order valence-electron chi connectivity index (χ4n) is 13.4. The third-order valence-corrected chi connectivity index (χ3v) is 20.4. The highest BCUT2D eigenvalue weighted by atomic mass is 79.9. The minimum Gasteiger partial charge on any atom is -0.506 e. The summed E-state index contributed by atoms with van der Waals surface area (Å²) < 4.78 is 6.61. The number of rotatable bonds is 8. The maximum atomic E-state index is 10.0. The van der Waals surface area contributed by atoms with E-state index in [1.165, 1.54) is 82.2 Å². The van der Waals surface area contributed by atoms with Crippen LogP contribution in [0.5, 0.6) is 46.0 Å². The van der Waals surface area contributed by atoms with Crippen molar-refractivity contribution in [2.45, 2.75) is 140 Å². The molecule has 0 bridgehead atoms. The highest BCUT2D eigenvalue weighted by molar-refractivity contribution is 9.10. The van der Waals surface area contributed by atoms with E-state index in [0.29, 0.717) is 45.8 Å². The standard InChI is InChI=1S/C24H21NO.C18H17NO2.C16H19NO.2C12H13NO.C11H10BrNO/c1-17-24(26)16-22-14-20(12-18-8-4-2-5-9-18)21(15-23(22)25-17)13-19-10-6-3-7-11-19;1-3-13-9-16(21-15-7-5-4-6-8-15)10-14-11-17(20)12(2)19-18(13)14;1-11-16(18)10-14-9-13(7-8-15(14)17-11)12-5-3-2-4-6-12;1-7-4-10-6-12(14)9(3)13-11(10)5-8(7)2;1-7-4-8(2)12-10(5-7)6-11(14)9(3)13-12;1-6-3-4-8-9(5-6)13-7(2)11(14)10(8)12/h2-11,14-16,26H,12-13H2,1H3;4-11,20H,3H2,1-2H3;7-10,12,18H,2-6H2,1H3;2*4-6,14H,1-3H3;3-5,14H,1-2H3.